The first-order chi connectivity index (χ1) is 7.00. The summed E-state index contributed by atoms with van der Waals surface area (Å²) < 4.78 is 0. The van der Waals surface area contributed by atoms with Gasteiger partial charge in [0, 0.05) is 17.3 Å². The maximum absolute atomic E-state index is 11.6. The molecule has 1 aromatic heterocycles. The van der Waals surface area contributed by atoms with E-state index in [9.17, 15) is 4.79 Å². The van der Waals surface area contributed by atoms with E-state index in [0.29, 0.717) is 11.5 Å². The second-order valence-corrected chi connectivity index (χ2v) is 5.18. The number of hydrogen-bond acceptors (Lipinski definition) is 3. The summed E-state index contributed by atoms with van der Waals surface area (Å²) in [7, 11) is 0. The number of hydrogen-bond donors (Lipinski definition) is 2. The molecule has 1 rings (SSSR count). The van der Waals surface area contributed by atoms with Gasteiger partial charge in [0.1, 0.15) is 0 Å². The van der Waals surface area contributed by atoms with Crippen molar-refractivity contribution in [3.8, 4) is 0 Å². The van der Waals surface area contributed by atoms with Crippen molar-refractivity contribution in [2.75, 3.05) is 6.54 Å². The van der Waals surface area contributed by atoms with Crippen LogP contribution in [0.1, 0.15) is 21.5 Å². The first-order valence-electron chi connectivity index (χ1n) is 4.64. The SMILES string of the molecule is Cc1ccc(C(=O)NCC(C)C(N)=S)s1. The Labute approximate surface area is 98.7 Å². The summed E-state index contributed by atoms with van der Waals surface area (Å²) in [5, 5.41) is 2.80. The van der Waals surface area contributed by atoms with Crippen LogP contribution < -0.4 is 11.1 Å². The third kappa shape index (κ3) is 3.60. The van der Waals surface area contributed by atoms with E-state index in [2.05, 4.69) is 5.32 Å². The van der Waals surface area contributed by atoms with Crippen LogP contribution in [-0.4, -0.2) is 17.4 Å². The molecule has 0 aromatic carbocycles. The molecule has 0 aliphatic carbocycles. The van der Waals surface area contributed by atoms with E-state index >= 15 is 0 Å². The monoisotopic (exact) mass is 242 g/mol. The fourth-order valence-corrected chi connectivity index (χ4v) is 1.86. The highest BCUT2D eigenvalue weighted by molar-refractivity contribution is 7.80. The molecule has 1 heterocycles. The molecule has 5 heteroatoms. The van der Waals surface area contributed by atoms with Crippen molar-refractivity contribution in [2.45, 2.75) is 13.8 Å². The largest absolute Gasteiger partial charge is 0.393 e. The van der Waals surface area contributed by atoms with Crippen molar-refractivity contribution in [1.82, 2.24) is 5.32 Å². The standard InChI is InChI=1S/C10H14N2OS2/c1-6(9(11)14)5-12-10(13)8-4-3-7(2)15-8/h3-4,6H,5H2,1-2H3,(H2,11,14)(H,12,13). The molecule has 0 saturated carbocycles. The Kier molecular flexibility index (Phi) is 4.23. The summed E-state index contributed by atoms with van der Waals surface area (Å²) in [5.74, 6) is -0.0267. The number of carbonyl (C=O) groups is 1. The van der Waals surface area contributed by atoms with Crippen LogP contribution >= 0.6 is 23.6 Å². The predicted molar refractivity (Wildman–Crippen MR) is 67.3 cm³/mol. The average molecular weight is 242 g/mol. The van der Waals surface area contributed by atoms with Crippen LogP contribution in [0, 0.1) is 12.8 Å². The number of thiophene rings is 1. The van der Waals surface area contributed by atoms with Gasteiger partial charge in [-0.3, -0.25) is 4.79 Å². The van der Waals surface area contributed by atoms with Crippen molar-refractivity contribution in [3.63, 3.8) is 0 Å². The lowest BCUT2D eigenvalue weighted by atomic mass is 10.2. The van der Waals surface area contributed by atoms with Crippen LogP contribution in [0.3, 0.4) is 0 Å². The molecule has 1 unspecified atom stereocenters. The van der Waals surface area contributed by atoms with Gasteiger partial charge in [-0.15, -0.1) is 11.3 Å². The molecule has 1 atom stereocenters. The van der Waals surface area contributed by atoms with Gasteiger partial charge in [-0.05, 0) is 19.1 Å². The van der Waals surface area contributed by atoms with Gasteiger partial charge in [0.15, 0.2) is 0 Å². The Hall–Kier alpha value is -0.940. The van der Waals surface area contributed by atoms with Crippen LogP contribution in [0.15, 0.2) is 12.1 Å². The second-order valence-electron chi connectivity index (χ2n) is 3.42. The van der Waals surface area contributed by atoms with Gasteiger partial charge < -0.3 is 11.1 Å². The molecule has 0 fully saturated rings. The Morgan fingerprint density at radius 1 is 1.67 bits per heavy atom. The molecule has 3 nitrogen and oxygen atoms in total. The number of rotatable bonds is 4. The van der Waals surface area contributed by atoms with E-state index in [4.69, 9.17) is 18.0 Å². The zero-order chi connectivity index (χ0) is 11.4. The zero-order valence-corrected chi connectivity index (χ0v) is 10.4. The van der Waals surface area contributed by atoms with E-state index in [0.717, 1.165) is 9.75 Å². The maximum Gasteiger partial charge on any atom is 0.261 e. The topological polar surface area (TPSA) is 55.1 Å². The molecule has 0 saturated heterocycles. The summed E-state index contributed by atoms with van der Waals surface area (Å²) in [5.41, 5.74) is 5.45. The van der Waals surface area contributed by atoms with Crippen LogP contribution in [-0.2, 0) is 0 Å². The molecule has 0 aliphatic heterocycles. The lowest BCUT2D eigenvalue weighted by molar-refractivity contribution is 0.0955. The number of amides is 1. The van der Waals surface area contributed by atoms with E-state index in [-0.39, 0.29) is 11.8 Å². The summed E-state index contributed by atoms with van der Waals surface area (Å²) in [6.07, 6.45) is 0. The highest BCUT2D eigenvalue weighted by atomic mass is 32.1. The minimum atomic E-state index is -0.0591. The fourth-order valence-electron chi connectivity index (χ4n) is 0.990. The molecule has 0 spiro atoms. The lowest BCUT2D eigenvalue weighted by Crippen LogP contribution is -2.33. The van der Waals surface area contributed by atoms with Crippen molar-refractivity contribution in [1.29, 1.82) is 0 Å². The summed E-state index contributed by atoms with van der Waals surface area (Å²) in [6.45, 7) is 4.35. The van der Waals surface area contributed by atoms with E-state index < -0.39 is 0 Å². The van der Waals surface area contributed by atoms with Gasteiger partial charge in [-0.2, -0.15) is 0 Å². The van der Waals surface area contributed by atoms with Crippen molar-refractivity contribution < 1.29 is 4.79 Å². The number of carbonyl (C=O) groups excluding carboxylic acids is 1. The third-order valence-electron chi connectivity index (χ3n) is 2.02. The maximum atomic E-state index is 11.6. The Bertz CT molecular complexity index is 373. The van der Waals surface area contributed by atoms with Crippen molar-refractivity contribution >= 4 is 34.5 Å². The zero-order valence-electron chi connectivity index (χ0n) is 8.74. The van der Waals surface area contributed by atoms with Crippen molar-refractivity contribution in [2.24, 2.45) is 11.7 Å². The molecule has 15 heavy (non-hydrogen) atoms. The van der Waals surface area contributed by atoms with Crippen LogP contribution in [0.25, 0.3) is 0 Å². The van der Waals surface area contributed by atoms with E-state index in [1.54, 1.807) is 0 Å². The van der Waals surface area contributed by atoms with Gasteiger partial charge >= 0.3 is 0 Å². The van der Waals surface area contributed by atoms with E-state index in [1.165, 1.54) is 11.3 Å². The first kappa shape index (κ1) is 12.1. The molecule has 0 bridgehead atoms. The smallest absolute Gasteiger partial charge is 0.261 e. The molecular weight excluding hydrogens is 228 g/mol. The van der Waals surface area contributed by atoms with Crippen molar-refractivity contribution in [3.05, 3.63) is 21.9 Å². The van der Waals surface area contributed by atoms with Crippen LogP contribution in [0.5, 0.6) is 0 Å². The number of aryl methyl sites for hydroxylation is 1. The van der Waals surface area contributed by atoms with Crippen LogP contribution in [0.4, 0.5) is 0 Å². The number of thiocarbonyl (C=S) groups is 1. The van der Waals surface area contributed by atoms with E-state index in [1.807, 2.05) is 26.0 Å². The Balaban J connectivity index is 2.47. The van der Waals surface area contributed by atoms with Gasteiger partial charge in [0.25, 0.3) is 5.91 Å². The Morgan fingerprint density at radius 2 is 2.33 bits per heavy atom. The van der Waals surface area contributed by atoms with Crippen LogP contribution in [0.2, 0.25) is 0 Å². The van der Waals surface area contributed by atoms with Gasteiger partial charge in [-0.1, -0.05) is 19.1 Å². The molecular formula is C10H14N2OS2. The average Bonchev–Trinajstić information content (AvgIpc) is 2.60. The number of nitrogens with two attached hydrogens (primary N) is 1. The molecule has 82 valence electrons. The number of nitrogens with one attached hydrogen (secondary N) is 1. The normalized spacial score (nSPS) is 12.1. The highest BCUT2D eigenvalue weighted by Crippen LogP contribution is 2.14. The first-order valence-corrected chi connectivity index (χ1v) is 5.87. The molecule has 1 amide bonds. The summed E-state index contributed by atoms with van der Waals surface area (Å²) >= 11 is 6.30. The predicted octanol–water partition coefficient (Wildman–Crippen LogP) is 1.71. The minimum Gasteiger partial charge on any atom is -0.393 e. The van der Waals surface area contributed by atoms with Gasteiger partial charge in [0.2, 0.25) is 0 Å². The second kappa shape index (κ2) is 5.23. The summed E-state index contributed by atoms with van der Waals surface area (Å²) in [6, 6.07) is 3.75. The third-order valence-corrected chi connectivity index (χ3v) is 3.42. The molecule has 0 aliphatic rings. The highest BCUT2D eigenvalue weighted by Gasteiger charge is 2.10. The molecule has 3 N–H and O–H groups in total. The quantitative estimate of drug-likeness (QED) is 0.790. The summed E-state index contributed by atoms with van der Waals surface area (Å²) in [4.78, 5) is 13.9. The van der Waals surface area contributed by atoms with Gasteiger partial charge in [0.05, 0.1) is 9.87 Å². The van der Waals surface area contributed by atoms with Gasteiger partial charge in [-0.25, -0.2) is 0 Å². The molecule has 1 aromatic rings. The lowest BCUT2D eigenvalue weighted by Gasteiger charge is -2.09. The fraction of sp³-hybridized carbons (Fsp3) is 0.400. The molecule has 0 radical (unpaired) electrons. The minimum absolute atomic E-state index is 0.0324. The Morgan fingerprint density at radius 3 is 2.80 bits per heavy atom.